The van der Waals surface area contributed by atoms with Crippen molar-refractivity contribution in [2.45, 2.75) is 19.4 Å². The van der Waals surface area contributed by atoms with E-state index in [-0.39, 0.29) is 11.8 Å². The number of aryl methyl sites for hydroxylation is 1. The summed E-state index contributed by atoms with van der Waals surface area (Å²) in [5, 5.41) is 4.21. The first-order valence-electron chi connectivity index (χ1n) is 9.04. The van der Waals surface area contributed by atoms with E-state index in [1.165, 1.54) is 0 Å². The number of anilines is 1. The van der Waals surface area contributed by atoms with Gasteiger partial charge in [-0.1, -0.05) is 12.1 Å². The number of oxazole rings is 1. The predicted octanol–water partition coefficient (Wildman–Crippen LogP) is 1.33. The van der Waals surface area contributed by atoms with Crippen LogP contribution in [0.2, 0.25) is 0 Å². The Morgan fingerprint density at radius 2 is 2.00 bits per heavy atom. The number of amides is 1. The molecule has 0 radical (unpaired) electrons. The zero-order valence-corrected chi connectivity index (χ0v) is 14.4. The van der Waals surface area contributed by atoms with Crippen LogP contribution in [0.4, 0.5) is 6.01 Å². The Balaban J connectivity index is 1.23. The largest absolute Gasteiger partial charge is 0.423 e. The molecule has 26 heavy (non-hydrogen) atoms. The highest BCUT2D eigenvalue weighted by Gasteiger charge is 2.31. The van der Waals surface area contributed by atoms with E-state index in [1.807, 2.05) is 33.8 Å². The lowest BCUT2D eigenvalue weighted by Crippen LogP contribution is -2.51. The number of para-hydroxylation sites is 2. The van der Waals surface area contributed by atoms with E-state index in [0.29, 0.717) is 25.6 Å². The summed E-state index contributed by atoms with van der Waals surface area (Å²) in [6, 6.07) is 8.41. The molecule has 1 unspecified atom stereocenters. The monoisotopic (exact) mass is 352 g/mol. The number of piperazine rings is 1. The molecular weight excluding hydrogens is 332 g/mol. The number of hydrogen-bond donors (Lipinski definition) is 0. The number of carbonyl (C=O) groups is 1. The second kappa shape index (κ2) is 6.12. The fourth-order valence-electron chi connectivity index (χ4n) is 3.81. The topological polar surface area (TPSA) is 80.3 Å². The number of rotatable bonds is 2. The summed E-state index contributed by atoms with van der Waals surface area (Å²) in [5.41, 5.74) is 1.67. The van der Waals surface area contributed by atoms with Crippen LogP contribution in [-0.4, -0.2) is 56.7 Å². The summed E-state index contributed by atoms with van der Waals surface area (Å²) < 4.78 is 7.70. The van der Waals surface area contributed by atoms with Gasteiger partial charge in [0.2, 0.25) is 5.91 Å². The van der Waals surface area contributed by atoms with Gasteiger partial charge in [-0.25, -0.2) is 9.67 Å². The van der Waals surface area contributed by atoms with Crippen molar-refractivity contribution in [3.63, 3.8) is 0 Å². The van der Waals surface area contributed by atoms with Gasteiger partial charge in [0, 0.05) is 32.6 Å². The molecule has 0 aliphatic carbocycles. The van der Waals surface area contributed by atoms with Crippen molar-refractivity contribution >= 4 is 23.0 Å². The first-order valence-corrected chi connectivity index (χ1v) is 9.04. The average Bonchev–Trinajstić information content (AvgIpc) is 3.33. The Labute approximate surface area is 150 Å². The Morgan fingerprint density at radius 1 is 1.15 bits per heavy atom. The smallest absolute Gasteiger partial charge is 0.298 e. The van der Waals surface area contributed by atoms with Gasteiger partial charge < -0.3 is 14.2 Å². The van der Waals surface area contributed by atoms with E-state index in [0.717, 1.165) is 42.9 Å². The quantitative estimate of drug-likeness (QED) is 0.692. The highest BCUT2D eigenvalue weighted by molar-refractivity contribution is 5.79. The highest BCUT2D eigenvalue weighted by atomic mass is 16.4. The van der Waals surface area contributed by atoms with Gasteiger partial charge in [0.05, 0.1) is 12.5 Å². The Kier molecular flexibility index (Phi) is 3.62. The summed E-state index contributed by atoms with van der Waals surface area (Å²) in [6.45, 7) is 3.50. The van der Waals surface area contributed by atoms with Crippen molar-refractivity contribution < 1.29 is 9.21 Å². The summed E-state index contributed by atoms with van der Waals surface area (Å²) in [5.74, 6) is 1.21. The molecule has 134 valence electrons. The van der Waals surface area contributed by atoms with Crippen molar-refractivity contribution in [2.24, 2.45) is 5.92 Å². The molecule has 5 rings (SSSR count). The van der Waals surface area contributed by atoms with Crippen LogP contribution < -0.4 is 4.90 Å². The molecule has 1 atom stereocenters. The summed E-state index contributed by atoms with van der Waals surface area (Å²) in [6.07, 6.45) is 3.24. The van der Waals surface area contributed by atoms with E-state index in [9.17, 15) is 4.79 Å². The van der Waals surface area contributed by atoms with Gasteiger partial charge in [0.25, 0.3) is 6.01 Å². The fraction of sp³-hybridized carbons (Fsp3) is 0.444. The number of nitrogens with zero attached hydrogens (tertiary/aromatic N) is 6. The Morgan fingerprint density at radius 3 is 2.85 bits per heavy atom. The van der Waals surface area contributed by atoms with Crippen molar-refractivity contribution in [1.82, 2.24) is 24.6 Å². The molecule has 1 saturated heterocycles. The van der Waals surface area contributed by atoms with Gasteiger partial charge in [-0.3, -0.25) is 4.79 Å². The minimum atomic E-state index is 0.0000702. The number of fused-ring (bicyclic) bond motifs is 2. The first-order chi connectivity index (χ1) is 12.8. The van der Waals surface area contributed by atoms with Gasteiger partial charge in [-0.15, -0.1) is 0 Å². The van der Waals surface area contributed by atoms with E-state index < -0.39 is 0 Å². The van der Waals surface area contributed by atoms with Crippen LogP contribution in [0.1, 0.15) is 12.2 Å². The van der Waals surface area contributed by atoms with Gasteiger partial charge in [-0.05, 0) is 18.6 Å². The molecule has 4 heterocycles. The van der Waals surface area contributed by atoms with Crippen molar-refractivity contribution in [1.29, 1.82) is 0 Å². The number of carbonyl (C=O) groups excluding carboxylic acids is 1. The predicted molar refractivity (Wildman–Crippen MR) is 94.6 cm³/mol. The standard InChI is InChI=1S/C18H20N6O2/c25-17(13-5-6-16-19-12-20-24(16)11-13)22-7-9-23(10-8-22)18-21-14-3-1-2-4-15(14)26-18/h1-4,12-13H,5-11H2. The van der Waals surface area contributed by atoms with Crippen molar-refractivity contribution in [3.8, 4) is 0 Å². The van der Waals surface area contributed by atoms with Crippen LogP contribution in [0.5, 0.6) is 0 Å². The van der Waals surface area contributed by atoms with E-state index in [4.69, 9.17) is 4.42 Å². The zero-order chi connectivity index (χ0) is 17.5. The second-order valence-electron chi connectivity index (χ2n) is 6.87. The third kappa shape index (κ3) is 2.61. The minimum absolute atomic E-state index is 0.0000702. The maximum absolute atomic E-state index is 12.9. The minimum Gasteiger partial charge on any atom is -0.423 e. The van der Waals surface area contributed by atoms with Gasteiger partial charge in [0.1, 0.15) is 17.7 Å². The van der Waals surface area contributed by atoms with Crippen LogP contribution in [0, 0.1) is 5.92 Å². The van der Waals surface area contributed by atoms with Gasteiger partial charge >= 0.3 is 0 Å². The molecule has 2 aromatic heterocycles. The van der Waals surface area contributed by atoms with E-state index in [1.54, 1.807) is 6.33 Å². The van der Waals surface area contributed by atoms with E-state index >= 15 is 0 Å². The fourth-order valence-corrected chi connectivity index (χ4v) is 3.81. The molecule has 0 N–H and O–H groups in total. The summed E-state index contributed by atoms with van der Waals surface area (Å²) in [4.78, 5) is 25.7. The number of hydrogen-bond acceptors (Lipinski definition) is 6. The van der Waals surface area contributed by atoms with Gasteiger partial charge in [0.15, 0.2) is 5.58 Å². The molecular formula is C18H20N6O2. The average molecular weight is 352 g/mol. The molecule has 8 nitrogen and oxygen atoms in total. The molecule has 3 aromatic rings. The maximum Gasteiger partial charge on any atom is 0.298 e. The van der Waals surface area contributed by atoms with Gasteiger partial charge in [-0.2, -0.15) is 10.1 Å². The second-order valence-corrected chi connectivity index (χ2v) is 6.87. The van der Waals surface area contributed by atoms with Crippen LogP contribution >= 0.6 is 0 Å². The molecule has 1 aromatic carbocycles. The van der Waals surface area contributed by atoms with Crippen molar-refractivity contribution in [3.05, 3.63) is 36.4 Å². The lowest BCUT2D eigenvalue weighted by atomic mass is 9.98. The third-order valence-corrected chi connectivity index (χ3v) is 5.30. The summed E-state index contributed by atoms with van der Waals surface area (Å²) in [7, 11) is 0. The molecule has 1 fully saturated rings. The maximum atomic E-state index is 12.9. The lowest BCUT2D eigenvalue weighted by Gasteiger charge is -2.36. The van der Waals surface area contributed by atoms with Crippen molar-refractivity contribution in [2.75, 3.05) is 31.1 Å². The van der Waals surface area contributed by atoms with Crippen LogP contribution in [0.15, 0.2) is 35.0 Å². The number of benzene rings is 1. The van der Waals surface area contributed by atoms with Crippen LogP contribution in [0.3, 0.4) is 0 Å². The molecule has 2 aliphatic rings. The Bertz CT molecular complexity index is 907. The van der Waals surface area contributed by atoms with E-state index in [2.05, 4.69) is 20.0 Å². The normalized spacial score (nSPS) is 20.4. The highest BCUT2D eigenvalue weighted by Crippen LogP contribution is 2.24. The SMILES string of the molecule is O=C(C1CCc2ncnn2C1)N1CCN(c2nc3ccccc3o2)CC1. The molecule has 0 spiro atoms. The molecule has 2 aliphatic heterocycles. The molecule has 0 saturated carbocycles. The third-order valence-electron chi connectivity index (χ3n) is 5.30. The summed E-state index contributed by atoms with van der Waals surface area (Å²) >= 11 is 0. The van der Waals surface area contributed by atoms with Crippen LogP contribution in [-0.2, 0) is 17.8 Å². The lowest BCUT2D eigenvalue weighted by molar-refractivity contribution is -0.137. The first kappa shape index (κ1) is 15.4. The molecule has 8 heteroatoms. The number of aromatic nitrogens is 4. The zero-order valence-electron chi connectivity index (χ0n) is 14.4. The van der Waals surface area contributed by atoms with Crippen LogP contribution in [0.25, 0.3) is 11.1 Å². The Hall–Kier alpha value is -2.90. The molecule has 0 bridgehead atoms. The molecule has 1 amide bonds.